The van der Waals surface area contributed by atoms with Crippen LogP contribution >= 0.6 is 11.8 Å². The fourth-order valence-corrected chi connectivity index (χ4v) is 3.97. The number of hydrogen-bond acceptors (Lipinski definition) is 6. The van der Waals surface area contributed by atoms with Crippen LogP contribution in [0.3, 0.4) is 0 Å². The van der Waals surface area contributed by atoms with Crippen LogP contribution in [-0.4, -0.2) is 35.8 Å². The molecule has 0 unspecified atom stereocenters. The summed E-state index contributed by atoms with van der Waals surface area (Å²) >= 11 is 1.31. The minimum atomic E-state index is -0.00723. The van der Waals surface area contributed by atoms with Gasteiger partial charge in [-0.3, -0.25) is 9.36 Å². The van der Waals surface area contributed by atoms with Crippen molar-refractivity contribution in [2.24, 2.45) is 0 Å². The number of anilines is 1. The van der Waals surface area contributed by atoms with E-state index in [1.54, 1.807) is 8.97 Å². The second-order valence-electron chi connectivity index (χ2n) is 6.18. The largest absolute Gasteiger partial charge is 0.369 e. The molecule has 0 aliphatic carbocycles. The molecule has 0 saturated carbocycles. The first-order valence-electron chi connectivity index (χ1n) is 8.18. The Morgan fingerprint density at radius 3 is 2.77 bits per heavy atom. The predicted octanol–water partition coefficient (Wildman–Crippen LogP) is 3.02. The van der Waals surface area contributed by atoms with Crippen LogP contribution in [0.25, 0.3) is 16.6 Å². The standard InChI is InChI=1S/C18H18N6OS/c1-10-8-15-21-22-18(24(15)17(19)20-10)26-9-16(25)23-12(3)11(2)13-6-4-5-7-14(13)23/h4-8H,9H2,1-3H3,(H2,19,20). The van der Waals surface area contributed by atoms with Gasteiger partial charge in [-0.2, -0.15) is 0 Å². The summed E-state index contributed by atoms with van der Waals surface area (Å²) in [4.78, 5) is 17.1. The number of benzene rings is 1. The molecule has 0 radical (unpaired) electrons. The molecule has 0 aliphatic rings. The van der Waals surface area contributed by atoms with Crippen LogP contribution in [0.2, 0.25) is 0 Å². The van der Waals surface area contributed by atoms with Gasteiger partial charge >= 0.3 is 0 Å². The van der Waals surface area contributed by atoms with Gasteiger partial charge in [-0.05, 0) is 32.4 Å². The Morgan fingerprint density at radius 2 is 1.96 bits per heavy atom. The van der Waals surface area contributed by atoms with E-state index < -0.39 is 0 Å². The fraction of sp³-hybridized carbons (Fsp3) is 0.222. The Hall–Kier alpha value is -2.87. The number of carbonyl (C=O) groups excluding carboxylic acids is 1. The van der Waals surface area contributed by atoms with Crippen molar-refractivity contribution in [2.45, 2.75) is 25.9 Å². The smallest absolute Gasteiger partial charge is 0.241 e. The third kappa shape index (κ3) is 2.53. The second-order valence-corrected chi connectivity index (χ2v) is 7.12. The van der Waals surface area contributed by atoms with Gasteiger partial charge < -0.3 is 5.73 Å². The lowest BCUT2D eigenvalue weighted by Crippen LogP contribution is -2.15. The molecule has 2 N–H and O–H groups in total. The molecule has 0 aliphatic heterocycles. The third-order valence-corrected chi connectivity index (χ3v) is 5.43. The second kappa shape index (κ2) is 6.14. The summed E-state index contributed by atoms with van der Waals surface area (Å²) in [5.41, 5.74) is 10.4. The molecule has 0 amide bonds. The first-order chi connectivity index (χ1) is 12.5. The summed E-state index contributed by atoms with van der Waals surface area (Å²) in [6.45, 7) is 5.86. The number of fused-ring (bicyclic) bond motifs is 2. The van der Waals surface area contributed by atoms with Crippen LogP contribution < -0.4 is 5.73 Å². The Morgan fingerprint density at radius 1 is 1.19 bits per heavy atom. The Kier molecular flexibility index (Phi) is 3.91. The molecule has 0 bridgehead atoms. The van der Waals surface area contributed by atoms with Crippen molar-refractivity contribution in [2.75, 3.05) is 11.5 Å². The lowest BCUT2D eigenvalue weighted by atomic mass is 10.2. The van der Waals surface area contributed by atoms with E-state index in [1.165, 1.54) is 11.8 Å². The molecule has 8 heteroatoms. The first kappa shape index (κ1) is 16.6. The maximum Gasteiger partial charge on any atom is 0.241 e. The average Bonchev–Trinajstić information content (AvgIpc) is 3.13. The van der Waals surface area contributed by atoms with Crippen LogP contribution in [0, 0.1) is 20.8 Å². The Labute approximate surface area is 154 Å². The Bertz CT molecular complexity index is 1160. The van der Waals surface area contributed by atoms with Gasteiger partial charge in [-0.1, -0.05) is 30.0 Å². The normalized spacial score (nSPS) is 11.5. The molecule has 0 atom stereocenters. The van der Waals surface area contributed by atoms with Crippen molar-refractivity contribution in [1.29, 1.82) is 0 Å². The van der Waals surface area contributed by atoms with Crippen molar-refractivity contribution in [3.8, 4) is 0 Å². The number of nitrogens with two attached hydrogens (primary N) is 1. The van der Waals surface area contributed by atoms with E-state index in [0.29, 0.717) is 16.8 Å². The molecule has 0 saturated heterocycles. The van der Waals surface area contributed by atoms with Gasteiger partial charge in [0.2, 0.25) is 11.9 Å². The summed E-state index contributed by atoms with van der Waals surface area (Å²) in [5.74, 6) is 0.540. The molecule has 4 aromatic rings. The number of aromatic nitrogens is 5. The van der Waals surface area contributed by atoms with Gasteiger partial charge in [0.1, 0.15) is 0 Å². The quantitative estimate of drug-likeness (QED) is 0.561. The monoisotopic (exact) mass is 366 g/mol. The lowest BCUT2D eigenvalue weighted by molar-refractivity contribution is 0.0945. The highest BCUT2D eigenvalue weighted by atomic mass is 32.2. The number of para-hydroxylation sites is 1. The number of hydrogen-bond donors (Lipinski definition) is 1. The van der Waals surface area contributed by atoms with Gasteiger partial charge in [0.25, 0.3) is 0 Å². The molecule has 0 fully saturated rings. The van der Waals surface area contributed by atoms with Crippen molar-refractivity contribution in [3.05, 3.63) is 47.3 Å². The maximum absolute atomic E-state index is 12.9. The number of nitrogens with zero attached hydrogens (tertiary/aromatic N) is 5. The number of rotatable bonds is 3. The van der Waals surface area contributed by atoms with Gasteiger partial charge in [0.05, 0.1) is 11.3 Å². The summed E-state index contributed by atoms with van der Waals surface area (Å²) in [5, 5.41) is 9.92. The molecular weight excluding hydrogens is 348 g/mol. The summed E-state index contributed by atoms with van der Waals surface area (Å²) in [6.07, 6.45) is 0. The van der Waals surface area contributed by atoms with Gasteiger partial charge in [-0.25, -0.2) is 9.38 Å². The molecular formula is C18H18N6OS. The first-order valence-corrected chi connectivity index (χ1v) is 9.17. The van der Waals surface area contributed by atoms with E-state index >= 15 is 0 Å². The fourth-order valence-electron chi connectivity index (χ4n) is 3.17. The van der Waals surface area contributed by atoms with Crippen LogP contribution in [0.4, 0.5) is 5.95 Å². The summed E-state index contributed by atoms with van der Waals surface area (Å²) in [6, 6.07) is 9.74. The van der Waals surface area contributed by atoms with E-state index in [-0.39, 0.29) is 11.7 Å². The molecule has 0 spiro atoms. The van der Waals surface area contributed by atoms with E-state index in [9.17, 15) is 4.79 Å². The summed E-state index contributed by atoms with van der Waals surface area (Å²) in [7, 11) is 0. The number of nitrogen functional groups attached to an aromatic ring is 1. The van der Waals surface area contributed by atoms with E-state index in [1.807, 2.05) is 51.1 Å². The van der Waals surface area contributed by atoms with E-state index in [2.05, 4.69) is 15.2 Å². The molecule has 1 aromatic carbocycles. The zero-order chi connectivity index (χ0) is 18.4. The molecule has 3 aromatic heterocycles. The topological polar surface area (TPSA) is 91.1 Å². The van der Waals surface area contributed by atoms with Crippen LogP contribution in [0.15, 0.2) is 35.5 Å². The van der Waals surface area contributed by atoms with Crippen molar-refractivity contribution < 1.29 is 4.79 Å². The number of carbonyl (C=O) groups is 1. The number of aryl methyl sites for hydroxylation is 2. The SMILES string of the molecule is Cc1cc2nnc(SCC(=O)n3c(C)c(C)c4ccccc43)n2c(N)n1. The maximum atomic E-state index is 12.9. The number of thioether (sulfide) groups is 1. The van der Waals surface area contributed by atoms with Crippen molar-refractivity contribution >= 4 is 40.2 Å². The van der Waals surface area contributed by atoms with Crippen LogP contribution in [0.1, 0.15) is 21.7 Å². The highest BCUT2D eigenvalue weighted by Gasteiger charge is 2.18. The average molecular weight is 366 g/mol. The molecule has 132 valence electrons. The van der Waals surface area contributed by atoms with E-state index in [4.69, 9.17) is 5.73 Å². The summed E-state index contributed by atoms with van der Waals surface area (Å²) < 4.78 is 3.43. The zero-order valence-electron chi connectivity index (χ0n) is 14.7. The van der Waals surface area contributed by atoms with Gasteiger partial charge in [0, 0.05) is 22.8 Å². The highest BCUT2D eigenvalue weighted by Crippen LogP contribution is 2.26. The minimum absolute atomic E-state index is 0.00723. The highest BCUT2D eigenvalue weighted by molar-refractivity contribution is 7.99. The minimum Gasteiger partial charge on any atom is -0.369 e. The lowest BCUT2D eigenvalue weighted by Gasteiger charge is -2.07. The molecule has 7 nitrogen and oxygen atoms in total. The van der Waals surface area contributed by atoms with Gasteiger partial charge in [0.15, 0.2) is 10.8 Å². The zero-order valence-corrected chi connectivity index (χ0v) is 15.5. The molecule has 3 heterocycles. The van der Waals surface area contributed by atoms with Gasteiger partial charge in [-0.15, -0.1) is 10.2 Å². The molecule has 4 rings (SSSR count). The van der Waals surface area contributed by atoms with Crippen LogP contribution in [-0.2, 0) is 0 Å². The third-order valence-electron chi connectivity index (χ3n) is 4.52. The molecule has 26 heavy (non-hydrogen) atoms. The predicted molar refractivity (Wildman–Crippen MR) is 103 cm³/mol. The van der Waals surface area contributed by atoms with E-state index in [0.717, 1.165) is 27.9 Å². The van der Waals surface area contributed by atoms with Crippen molar-refractivity contribution in [1.82, 2.24) is 24.1 Å². The van der Waals surface area contributed by atoms with Crippen molar-refractivity contribution in [3.63, 3.8) is 0 Å². The van der Waals surface area contributed by atoms with Crippen LogP contribution in [0.5, 0.6) is 0 Å². The Balaban J connectivity index is 1.66.